The van der Waals surface area contributed by atoms with Crippen LogP contribution in [0.25, 0.3) is 0 Å². The van der Waals surface area contributed by atoms with Crippen molar-refractivity contribution in [2.24, 2.45) is 5.92 Å². The maximum atomic E-state index is 12.5. The molecule has 1 heterocycles. The first-order valence-electron chi connectivity index (χ1n) is 9.64. The molecule has 0 radical (unpaired) electrons. The van der Waals surface area contributed by atoms with Crippen molar-refractivity contribution in [2.75, 3.05) is 30.0 Å². The van der Waals surface area contributed by atoms with Crippen LogP contribution in [0.3, 0.4) is 0 Å². The number of rotatable bonds is 7. The predicted molar refractivity (Wildman–Crippen MR) is 114 cm³/mol. The van der Waals surface area contributed by atoms with Gasteiger partial charge in [0.05, 0.1) is 18.2 Å². The summed E-state index contributed by atoms with van der Waals surface area (Å²) in [5.74, 6) is -1.32. The van der Waals surface area contributed by atoms with Crippen molar-refractivity contribution in [2.45, 2.75) is 20.3 Å². The Hall–Kier alpha value is -3.06. The number of nitrogens with one attached hydrogen (secondary N) is 1. The Morgan fingerprint density at radius 1 is 1.20 bits per heavy atom. The molecule has 0 bridgehead atoms. The van der Waals surface area contributed by atoms with Gasteiger partial charge in [-0.05, 0) is 43.7 Å². The highest BCUT2D eigenvalue weighted by atomic mass is 35.5. The van der Waals surface area contributed by atoms with Gasteiger partial charge in [0.1, 0.15) is 5.75 Å². The van der Waals surface area contributed by atoms with Crippen molar-refractivity contribution < 1.29 is 23.9 Å². The van der Waals surface area contributed by atoms with Gasteiger partial charge in [-0.2, -0.15) is 0 Å². The van der Waals surface area contributed by atoms with E-state index in [-0.39, 0.29) is 18.9 Å². The van der Waals surface area contributed by atoms with Crippen LogP contribution in [-0.4, -0.2) is 37.5 Å². The third-order valence-electron chi connectivity index (χ3n) is 4.80. The molecule has 2 amide bonds. The molecule has 0 saturated carbocycles. The van der Waals surface area contributed by atoms with Crippen LogP contribution in [0.1, 0.15) is 18.9 Å². The molecule has 1 unspecified atom stereocenters. The van der Waals surface area contributed by atoms with Crippen molar-refractivity contribution in [1.29, 1.82) is 0 Å². The van der Waals surface area contributed by atoms with Gasteiger partial charge in [0.25, 0.3) is 5.91 Å². The molecular formula is C22H23ClN2O5. The number of carbonyl (C=O) groups excluding carboxylic acids is 3. The van der Waals surface area contributed by atoms with Crippen LogP contribution >= 0.6 is 11.6 Å². The molecule has 1 atom stereocenters. The van der Waals surface area contributed by atoms with Gasteiger partial charge in [0, 0.05) is 23.7 Å². The lowest BCUT2D eigenvalue weighted by molar-refractivity contribution is -0.151. The lowest BCUT2D eigenvalue weighted by atomic mass is 10.1. The molecule has 1 fully saturated rings. The maximum absolute atomic E-state index is 12.5. The molecule has 1 aliphatic rings. The van der Waals surface area contributed by atoms with Gasteiger partial charge in [-0.15, -0.1) is 0 Å². The van der Waals surface area contributed by atoms with Gasteiger partial charge < -0.3 is 19.7 Å². The number of amides is 2. The fourth-order valence-corrected chi connectivity index (χ4v) is 3.41. The zero-order chi connectivity index (χ0) is 21.7. The lowest BCUT2D eigenvalue weighted by Gasteiger charge is -2.20. The molecule has 1 N–H and O–H groups in total. The second kappa shape index (κ2) is 9.63. The summed E-state index contributed by atoms with van der Waals surface area (Å²) in [6, 6.07) is 12.3. The number of hydrogen-bond acceptors (Lipinski definition) is 5. The van der Waals surface area contributed by atoms with Gasteiger partial charge in [-0.1, -0.05) is 29.8 Å². The highest BCUT2D eigenvalue weighted by Crippen LogP contribution is 2.33. The van der Waals surface area contributed by atoms with E-state index >= 15 is 0 Å². The Kier molecular flexibility index (Phi) is 6.95. The molecule has 1 saturated heterocycles. The van der Waals surface area contributed by atoms with Crippen LogP contribution in [-0.2, 0) is 19.1 Å². The quantitative estimate of drug-likeness (QED) is 0.678. The molecule has 8 heteroatoms. The molecular weight excluding hydrogens is 408 g/mol. The van der Waals surface area contributed by atoms with E-state index in [9.17, 15) is 14.4 Å². The average Bonchev–Trinajstić information content (AvgIpc) is 3.12. The minimum absolute atomic E-state index is 0.0221. The van der Waals surface area contributed by atoms with Crippen molar-refractivity contribution in [3.63, 3.8) is 0 Å². The number of benzene rings is 2. The second-order valence-corrected chi connectivity index (χ2v) is 7.28. The molecule has 3 rings (SSSR count). The first-order chi connectivity index (χ1) is 14.4. The number of ether oxygens (including phenoxy) is 2. The number of esters is 1. The number of halogens is 1. The van der Waals surface area contributed by atoms with Crippen molar-refractivity contribution >= 4 is 40.8 Å². The summed E-state index contributed by atoms with van der Waals surface area (Å²) in [4.78, 5) is 38.5. The molecule has 0 aliphatic carbocycles. The molecule has 2 aromatic rings. The van der Waals surface area contributed by atoms with E-state index in [1.165, 1.54) is 4.90 Å². The highest BCUT2D eigenvalue weighted by Gasteiger charge is 2.37. The van der Waals surface area contributed by atoms with Gasteiger partial charge in [0.15, 0.2) is 6.61 Å². The van der Waals surface area contributed by atoms with E-state index in [1.807, 2.05) is 13.0 Å². The topological polar surface area (TPSA) is 84.9 Å². The number of hydrogen-bond donors (Lipinski definition) is 1. The van der Waals surface area contributed by atoms with E-state index in [4.69, 9.17) is 21.1 Å². The van der Waals surface area contributed by atoms with E-state index in [0.29, 0.717) is 28.8 Å². The minimum Gasteiger partial charge on any atom is -0.492 e. The minimum atomic E-state index is -0.645. The number of carbonyl (C=O) groups is 3. The Bertz CT molecular complexity index is 962. The molecule has 7 nitrogen and oxygen atoms in total. The largest absolute Gasteiger partial charge is 0.492 e. The molecule has 158 valence electrons. The van der Waals surface area contributed by atoms with Gasteiger partial charge in [-0.25, -0.2) is 0 Å². The summed E-state index contributed by atoms with van der Waals surface area (Å²) in [5, 5.41) is 3.20. The van der Waals surface area contributed by atoms with Gasteiger partial charge in [-0.3, -0.25) is 14.4 Å². The predicted octanol–water partition coefficient (Wildman–Crippen LogP) is 3.58. The third-order valence-corrected chi connectivity index (χ3v) is 5.21. The summed E-state index contributed by atoms with van der Waals surface area (Å²) in [6.45, 7) is 3.84. The Labute approximate surface area is 179 Å². The normalized spacial score (nSPS) is 15.8. The van der Waals surface area contributed by atoms with E-state index in [0.717, 1.165) is 5.56 Å². The SMILES string of the molecule is CCOc1ccccc1N1CC(C(=O)OCC(=O)Nc2cccc(Cl)c2C)CC1=O. The zero-order valence-corrected chi connectivity index (χ0v) is 17.6. The molecule has 1 aliphatic heterocycles. The van der Waals surface area contributed by atoms with Crippen LogP contribution in [0.15, 0.2) is 42.5 Å². The zero-order valence-electron chi connectivity index (χ0n) is 16.8. The van der Waals surface area contributed by atoms with E-state index in [2.05, 4.69) is 5.32 Å². The van der Waals surface area contributed by atoms with Crippen LogP contribution in [0, 0.1) is 12.8 Å². The summed E-state index contributed by atoms with van der Waals surface area (Å²) in [5.41, 5.74) is 1.90. The van der Waals surface area contributed by atoms with Crippen LogP contribution in [0.5, 0.6) is 5.75 Å². The molecule has 30 heavy (non-hydrogen) atoms. The number of anilines is 2. The summed E-state index contributed by atoms with van der Waals surface area (Å²) in [7, 11) is 0. The van der Waals surface area contributed by atoms with E-state index in [1.54, 1.807) is 43.3 Å². The monoisotopic (exact) mass is 430 g/mol. The number of nitrogens with zero attached hydrogens (tertiary/aromatic N) is 1. The van der Waals surface area contributed by atoms with Crippen LogP contribution < -0.4 is 15.0 Å². The average molecular weight is 431 g/mol. The van der Waals surface area contributed by atoms with Crippen LogP contribution in [0.2, 0.25) is 5.02 Å². The standard InChI is InChI=1S/C22H23ClN2O5/c1-3-29-19-10-5-4-9-18(19)25-12-15(11-21(25)27)22(28)30-13-20(26)24-17-8-6-7-16(23)14(17)2/h4-10,15H,3,11-13H2,1-2H3,(H,24,26). The first kappa shape index (κ1) is 21.6. The fraction of sp³-hybridized carbons (Fsp3) is 0.318. The smallest absolute Gasteiger partial charge is 0.311 e. The Morgan fingerprint density at radius 2 is 1.97 bits per heavy atom. The Morgan fingerprint density at radius 3 is 2.73 bits per heavy atom. The fourth-order valence-electron chi connectivity index (χ4n) is 3.24. The maximum Gasteiger partial charge on any atom is 0.311 e. The van der Waals surface area contributed by atoms with Gasteiger partial charge in [0.2, 0.25) is 5.91 Å². The van der Waals surface area contributed by atoms with Crippen LogP contribution in [0.4, 0.5) is 11.4 Å². The van der Waals surface area contributed by atoms with Crippen molar-refractivity contribution in [3.8, 4) is 5.75 Å². The number of para-hydroxylation sites is 2. The Balaban J connectivity index is 1.57. The third kappa shape index (κ3) is 4.91. The highest BCUT2D eigenvalue weighted by molar-refractivity contribution is 6.31. The summed E-state index contributed by atoms with van der Waals surface area (Å²) < 4.78 is 10.7. The molecule has 0 aromatic heterocycles. The van der Waals surface area contributed by atoms with Gasteiger partial charge >= 0.3 is 5.97 Å². The van der Waals surface area contributed by atoms with Crippen molar-refractivity contribution in [1.82, 2.24) is 0 Å². The molecule has 2 aromatic carbocycles. The lowest BCUT2D eigenvalue weighted by Crippen LogP contribution is -2.28. The first-order valence-corrected chi connectivity index (χ1v) is 10.0. The second-order valence-electron chi connectivity index (χ2n) is 6.87. The summed E-state index contributed by atoms with van der Waals surface area (Å²) >= 11 is 6.04. The molecule has 0 spiro atoms. The van der Waals surface area contributed by atoms with E-state index < -0.39 is 24.4 Å². The summed E-state index contributed by atoms with van der Waals surface area (Å²) in [6.07, 6.45) is 0.0221. The van der Waals surface area contributed by atoms with Crippen molar-refractivity contribution in [3.05, 3.63) is 53.1 Å².